The summed E-state index contributed by atoms with van der Waals surface area (Å²) in [6.45, 7) is 0. The molecule has 0 radical (unpaired) electrons. The number of aliphatic carboxylic acids is 1. The number of carbonyl (C=O) groups is 3. The summed E-state index contributed by atoms with van der Waals surface area (Å²) in [6, 6.07) is 20.4. The molecule has 0 amide bonds. The number of phenolic OH excluding ortho intramolecular Hbond substituents is 2. The van der Waals surface area contributed by atoms with Crippen molar-refractivity contribution < 1.29 is 39.9 Å². The van der Waals surface area contributed by atoms with Gasteiger partial charge >= 0.3 is 17.9 Å². The summed E-state index contributed by atoms with van der Waals surface area (Å²) >= 11 is 0. The normalized spacial score (nSPS) is 9.20. The molecule has 3 rings (SSSR count). The molecule has 0 bridgehead atoms. The number of benzene rings is 3. The van der Waals surface area contributed by atoms with Crippen molar-refractivity contribution in [3.8, 4) is 11.5 Å². The molecule has 0 saturated carbocycles. The molecule has 0 unspecified atom stereocenters. The molecule has 0 aliphatic carbocycles. The summed E-state index contributed by atoms with van der Waals surface area (Å²) in [6.07, 6.45) is -0.291. The van der Waals surface area contributed by atoms with Crippen molar-refractivity contribution in [2.75, 3.05) is 0 Å². The summed E-state index contributed by atoms with van der Waals surface area (Å²) in [5, 5.41) is 43.2. The highest BCUT2D eigenvalue weighted by molar-refractivity contribution is 5.87. The van der Waals surface area contributed by atoms with E-state index >= 15 is 0 Å². The second-order valence-corrected chi connectivity index (χ2v) is 5.73. The SMILES string of the molecule is O=C(O)Cc1cc(O)ccc1O.O=C(O)c1ccccc1.O=C(O)c1ccccc1. The van der Waals surface area contributed by atoms with E-state index in [2.05, 4.69) is 0 Å². The van der Waals surface area contributed by atoms with Crippen LogP contribution in [0.4, 0.5) is 0 Å². The predicted octanol–water partition coefficient (Wildman–Crippen LogP) is 3.49. The number of carboxylic acids is 3. The van der Waals surface area contributed by atoms with Crippen molar-refractivity contribution in [3.63, 3.8) is 0 Å². The largest absolute Gasteiger partial charge is 0.508 e. The minimum Gasteiger partial charge on any atom is -0.508 e. The van der Waals surface area contributed by atoms with Gasteiger partial charge in [-0.2, -0.15) is 0 Å². The molecule has 8 heteroatoms. The molecular formula is C22H20O8. The Kier molecular flexibility index (Phi) is 9.64. The minimum absolute atomic E-state index is 0.0518. The quantitative estimate of drug-likeness (QED) is 0.408. The van der Waals surface area contributed by atoms with Crippen LogP contribution in [0.1, 0.15) is 26.3 Å². The maximum absolute atomic E-state index is 10.2. The number of phenols is 2. The maximum atomic E-state index is 10.2. The number of carboxylic acid groups (broad SMARTS) is 3. The van der Waals surface area contributed by atoms with Gasteiger partial charge in [-0.25, -0.2) is 9.59 Å². The van der Waals surface area contributed by atoms with E-state index < -0.39 is 17.9 Å². The van der Waals surface area contributed by atoms with Gasteiger partial charge in [0.25, 0.3) is 0 Å². The van der Waals surface area contributed by atoms with Crippen LogP contribution in [-0.4, -0.2) is 43.4 Å². The second kappa shape index (κ2) is 12.2. The molecule has 3 aromatic carbocycles. The van der Waals surface area contributed by atoms with Gasteiger partial charge in [0.1, 0.15) is 11.5 Å². The molecule has 156 valence electrons. The summed E-state index contributed by atoms with van der Waals surface area (Å²) in [4.78, 5) is 30.6. The predicted molar refractivity (Wildman–Crippen MR) is 108 cm³/mol. The van der Waals surface area contributed by atoms with E-state index in [1.165, 1.54) is 18.2 Å². The van der Waals surface area contributed by atoms with E-state index in [1.54, 1.807) is 60.7 Å². The Hall–Kier alpha value is -4.33. The Morgan fingerprint density at radius 1 is 0.633 bits per heavy atom. The molecule has 0 heterocycles. The molecule has 3 aromatic rings. The van der Waals surface area contributed by atoms with E-state index in [0.29, 0.717) is 11.1 Å². The fourth-order valence-electron chi connectivity index (χ4n) is 2.04. The molecule has 0 saturated heterocycles. The van der Waals surface area contributed by atoms with Crippen LogP contribution in [-0.2, 0) is 11.2 Å². The maximum Gasteiger partial charge on any atom is 0.335 e. The van der Waals surface area contributed by atoms with E-state index in [4.69, 9.17) is 25.5 Å². The molecule has 30 heavy (non-hydrogen) atoms. The zero-order chi connectivity index (χ0) is 22.5. The van der Waals surface area contributed by atoms with Gasteiger partial charge in [0.2, 0.25) is 0 Å². The van der Waals surface area contributed by atoms with E-state index in [0.717, 1.165) is 0 Å². The molecule has 0 fully saturated rings. The highest BCUT2D eigenvalue weighted by Gasteiger charge is 2.06. The Morgan fingerprint density at radius 3 is 1.40 bits per heavy atom. The molecule has 8 nitrogen and oxygen atoms in total. The van der Waals surface area contributed by atoms with Crippen LogP contribution in [0.5, 0.6) is 11.5 Å². The Balaban J connectivity index is 0.000000229. The van der Waals surface area contributed by atoms with Crippen LogP contribution in [0.3, 0.4) is 0 Å². The van der Waals surface area contributed by atoms with Crippen LogP contribution in [0.2, 0.25) is 0 Å². The van der Waals surface area contributed by atoms with Gasteiger partial charge in [-0.3, -0.25) is 4.79 Å². The van der Waals surface area contributed by atoms with Crippen molar-refractivity contribution in [1.29, 1.82) is 0 Å². The van der Waals surface area contributed by atoms with Crippen LogP contribution in [0.25, 0.3) is 0 Å². The first-order valence-corrected chi connectivity index (χ1v) is 8.50. The standard InChI is InChI=1S/C8H8O4.2C7H6O2/c9-6-1-2-7(10)5(3-6)4-8(11)12;2*8-7(9)6-4-2-1-3-5-6/h1-3,9-10H,4H2,(H,11,12);2*1-5H,(H,8,9). The van der Waals surface area contributed by atoms with Crippen molar-refractivity contribution in [3.05, 3.63) is 95.6 Å². The number of rotatable bonds is 4. The van der Waals surface area contributed by atoms with Gasteiger partial charge in [0.15, 0.2) is 0 Å². The van der Waals surface area contributed by atoms with E-state index in [9.17, 15) is 14.4 Å². The Labute approximate surface area is 171 Å². The van der Waals surface area contributed by atoms with Crippen molar-refractivity contribution in [2.24, 2.45) is 0 Å². The van der Waals surface area contributed by atoms with Crippen LogP contribution < -0.4 is 0 Å². The van der Waals surface area contributed by atoms with Crippen molar-refractivity contribution in [1.82, 2.24) is 0 Å². The van der Waals surface area contributed by atoms with Gasteiger partial charge < -0.3 is 25.5 Å². The first kappa shape index (κ1) is 23.7. The van der Waals surface area contributed by atoms with Crippen molar-refractivity contribution >= 4 is 17.9 Å². The van der Waals surface area contributed by atoms with Gasteiger partial charge in [0, 0.05) is 5.56 Å². The summed E-state index contributed by atoms with van der Waals surface area (Å²) in [7, 11) is 0. The smallest absolute Gasteiger partial charge is 0.335 e. The van der Waals surface area contributed by atoms with E-state index in [1.807, 2.05) is 0 Å². The highest BCUT2D eigenvalue weighted by atomic mass is 16.4. The van der Waals surface area contributed by atoms with Gasteiger partial charge in [-0.1, -0.05) is 36.4 Å². The lowest BCUT2D eigenvalue weighted by Gasteiger charge is -2.00. The average Bonchev–Trinajstić information content (AvgIpc) is 2.72. The van der Waals surface area contributed by atoms with Gasteiger partial charge in [0.05, 0.1) is 17.5 Å². The number of aromatic carboxylic acids is 2. The first-order chi connectivity index (χ1) is 14.2. The third kappa shape index (κ3) is 9.05. The summed E-state index contributed by atoms with van der Waals surface area (Å²) in [5.74, 6) is -2.97. The monoisotopic (exact) mass is 412 g/mol. The van der Waals surface area contributed by atoms with Gasteiger partial charge in [-0.15, -0.1) is 0 Å². The Bertz CT molecular complexity index is 919. The molecule has 0 aromatic heterocycles. The lowest BCUT2D eigenvalue weighted by Crippen LogP contribution is -1.99. The Morgan fingerprint density at radius 2 is 1.07 bits per heavy atom. The molecule has 0 atom stereocenters. The second-order valence-electron chi connectivity index (χ2n) is 5.73. The topological polar surface area (TPSA) is 152 Å². The fourth-order valence-corrected chi connectivity index (χ4v) is 2.04. The molecular weight excluding hydrogens is 392 g/mol. The summed E-state index contributed by atoms with van der Waals surface area (Å²) < 4.78 is 0. The van der Waals surface area contributed by atoms with Crippen LogP contribution in [0, 0.1) is 0 Å². The van der Waals surface area contributed by atoms with Crippen LogP contribution >= 0.6 is 0 Å². The van der Waals surface area contributed by atoms with Crippen molar-refractivity contribution in [2.45, 2.75) is 6.42 Å². The fraction of sp³-hybridized carbons (Fsp3) is 0.0455. The molecule has 0 aliphatic rings. The number of aromatic hydroxyl groups is 2. The zero-order valence-electron chi connectivity index (χ0n) is 15.7. The van der Waals surface area contributed by atoms with Gasteiger partial charge in [-0.05, 0) is 42.5 Å². The molecule has 5 N–H and O–H groups in total. The average molecular weight is 412 g/mol. The van der Waals surface area contributed by atoms with Crippen LogP contribution in [0.15, 0.2) is 78.9 Å². The first-order valence-electron chi connectivity index (χ1n) is 8.50. The third-order valence-electron chi connectivity index (χ3n) is 3.45. The lowest BCUT2D eigenvalue weighted by molar-refractivity contribution is -0.136. The zero-order valence-corrected chi connectivity index (χ0v) is 15.7. The highest BCUT2D eigenvalue weighted by Crippen LogP contribution is 2.22. The molecule has 0 spiro atoms. The third-order valence-corrected chi connectivity index (χ3v) is 3.45. The lowest BCUT2D eigenvalue weighted by atomic mass is 10.1. The number of hydrogen-bond acceptors (Lipinski definition) is 5. The van der Waals surface area contributed by atoms with E-state index in [-0.39, 0.29) is 23.5 Å². The molecule has 0 aliphatic heterocycles. The minimum atomic E-state index is -1.05. The summed E-state index contributed by atoms with van der Waals surface area (Å²) in [5.41, 5.74) is 0.873. The number of hydrogen-bond donors (Lipinski definition) is 5.